The fraction of sp³-hybridized carbons (Fsp3) is 0.250. The molecule has 0 radical (unpaired) electrons. The molecule has 2 aromatic carbocycles. The monoisotopic (exact) mass is 355 g/mol. The first-order valence-corrected chi connectivity index (χ1v) is 7.45. The van der Waals surface area contributed by atoms with Gasteiger partial charge in [0.15, 0.2) is 17.4 Å². The minimum Gasteiger partial charge on any atom is -0.483 e. The standard InChI is InChI=1S/C16H16BrF2NO/c1-2-20-9-12-7-14(18)16(15(19)8-12)21-10-11-3-5-13(17)6-4-11/h3-8,20H,2,9-10H2,1H3. The van der Waals surface area contributed by atoms with Crippen molar-refractivity contribution in [3.8, 4) is 5.75 Å². The Morgan fingerprint density at radius 3 is 2.24 bits per heavy atom. The minimum absolute atomic E-state index is 0.119. The normalized spacial score (nSPS) is 10.7. The molecular formula is C16H16BrF2NO. The molecule has 0 aliphatic heterocycles. The summed E-state index contributed by atoms with van der Waals surface area (Å²) >= 11 is 3.33. The van der Waals surface area contributed by atoms with Crippen LogP contribution in [0.25, 0.3) is 0 Å². The van der Waals surface area contributed by atoms with Crippen molar-refractivity contribution in [2.24, 2.45) is 0 Å². The van der Waals surface area contributed by atoms with Crippen molar-refractivity contribution in [2.75, 3.05) is 6.54 Å². The van der Waals surface area contributed by atoms with Gasteiger partial charge in [-0.2, -0.15) is 0 Å². The maximum atomic E-state index is 13.9. The van der Waals surface area contributed by atoms with Crippen LogP contribution in [0.3, 0.4) is 0 Å². The summed E-state index contributed by atoms with van der Waals surface area (Å²) in [6, 6.07) is 9.96. The van der Waals surface area contributed by atoms with Crippen molar-refractivity contribution in [2.45, 2.75) is 20.1 Å². The summed E-state index contributed by atoms with van der Waals surface area (Å²) in [7, 11) is 0. The second-order valence-corrected chi connectivity index (χ2v) is 5.50. The topological polar surface area (TPSA) is 21.3 Å². The molecule has 2 rings (SSSR count). The Morgan fingerprint density at radius 1 is 1.05 bits per heavy atom. The van der Waals surface area contributed by atoms with Crippen LogP contribution in [-0.2, 0) is 13.2 Å². The Hall–Kier alpha value is -1.46. The molecule has 0 aliphatic rings. The van der Waals surface area contributed by atoms with Crippen molar-refractivity contribution in [3.63, 3.8) is 0 Å². The number of halogens is 3. The van der Waals surface area contributed by atoms with E-state index in [0.717, 1.165) is 16.6 Å². The van der Waals surface area contributed by atoms with Gasteiger partial charge in [-0.1, -0.05) is 35.0 Å². The summed E-state index contributed by atoms with van der Waals surface area (Å²) in [4.78, 5) is 0. The molecule has 1 N–H and O–H groups in total. The van der Waals surface area contributed by atoms with Crippen LogP contribution in [0.4, 0.5) is 8.78 Å². The lowest BCUT2D eigenvalue weighted by molar-refractivity contribution is 0.273. The first-order chi connectivity index (χ1) is 10.1. The van der Waals surface area contributed by atoms with E-state index in [4.69, 9.17) is 4.74 Å². The minimum atomic E-state index is -0.681. The number of hydrogen-bond acceptors (Lipinski definition) is 2. The lowest BCUT2D eigenvalue weighted by atomic mass is 10.2. The van der Waals surface area contributed by atoms with Gasteiger partial charge in [-0.3, -0.25) is 0 Å². The van der Waals surface area contributed by atoms with Crippen LogP contribution in [0.1, 0.15) is 18.1 Å². The van der Waals surface area contributed by atoms with Crippen LogP contribution in [0.2, 0.25) is 0 Å². The van der Waals surface area contributed by atoms with Gasteiger partial charge in [-0.15, -0.1) is 0 Å². The van der Waals surface area contributed by atoms with Crippen LogP contribution in [-0.4, -0.2) is 6.54 Å². The van der Waals surface area contributed by atoms with Crippen LogP contribution < -0.4 is 10.1 Å². The molecule has 2 nitrogen and oxygen atoms in total. The fourth-order valence-electron chi connectivity index (χ4n) is 1.86. The molecule has 21 heavy (non-hydrogen) atoms. The molecule has 0 atom stereocenters. The van der Waals surface area contributed by atoms with Gasteiger partial charge in [0.2, 0.25) is 0 Å². The second-order valence-electron chi connectivity index (χ2n) is 4.58. The van der Waals surface area contributed by atoms with E-state index in [-0.39, 0.29) is 12.4 Å². The third-order valence-corrected chi connectivity index (χ3v) is 3.46. The van der Waals surface area contributed by atoms with Crippen molar-refractivity contribution >= 4 is 15.9 Å². The van der Waals surface area contributed by atoms with Gasteiger partial charge in [0, 0.05) is 11.0 Å². The molecule has 0 unspecified atom stereocenters. The van der Waals surface area contributed by atoms with Gasteiger partial charge in [-0.05, 0) is 41.9 Å². The van der Waals surface area contributed by atoms with E-state index in [1.54, 1.807) is 0 Å². The van der Waals surface area contributed by atoms with Gasteiger partial charge in [0.1, 0.15) is 6.61 Å². The maximum Gasteiger partial charge on any atom is 0.191 e. The van der Waals surface area contributed by atoms with Gasteiger partial charge < -0.3 is 10.1 Å². The quantitative estimate of drug-likeness (QED) is 0.828. The molecule has 5 heteroatoms. The van der Waals surface area contributed by atoms with E-state index in [2.05, 4.69) is 21.2 Å². The summed E-state index contributed by atoms with van der Waals surface area (Å²) in [6.07, 6.45) is 0. The molecule has 0 heterocycles. The van der Waals surface area contributed by atoms with Crippen LogP contribution >= 0.6 is 15.9 Å². The first kappa shape index (κ1) is 15.9. The average molecular weight is 356 g/mol. The zero-order valence-corrected chi connectivity index (χ0v) is 13.2. The van der Waals surface area contributed by atoms with Crippen molar-refractivity contribution < 1.29 is 13.5 Å². The number of benzene rings is 2. The largest absolute Gasteiger partial charge is 0.483 e. The van der Waals surface area contributed by atoms with Crippen molar-refractivity contribution in [1.82, 2.24) is 5.32 Å². The Kier molecular flexibility index (Phi) is 5.70. The predicted molar refractivity (Wildman–Crippen MR) is 82.2 cm³/mol. The summed E-state index contributed by atoms with van der Waals surface area (Å²) in [5, 5.41) is 3.02. The van der Waals surface area contributed by atoms with Gasteiger partial charge >= 0.3 is 0 Å². The Bertz CT molecular complexity index is 579. The highest BCUT2D eigenvalue weighted by atomic mass is 79.9. The third kappa shape index (κ3) is 4.51. The van der Waals surface area contributed by atoms with Gasteiger partial charge in [0.25, 0.3) is 0 Å². The predicted octanol–water partition coefficient (Wildman–Crippen LogP) is 4.42. The van der Waals surface area contributed by atoms with Gasteiger partial charge in [-0.25, -0.2) is 8.78 Å². The van der Waals surface area contributed by atoms with Crippen molar-refractivity contribution in [1.29, 1.82) is 0 Å². The Labute approximate surface area is 131 Å². The molecule has 2 aromatic rings. The molecule has 0 aromatic heterocycles. The number of rotatable bonds is 6. The summed E-state index contributed by atoms with van der Waals surface area (Å²) in [5.74, 6) is -1.70. The molecule has 0 spiro atoms. The molecule has 0 fully saturated rings. The molecule has 0 saturated carbocycles. The molecule has 0 aliphatic carbocycles. The van der Waals surface area contributed by atoms with E-state index in [9.17, 15) is 8.78 Å². The number of hydrogen-bond donors (Lipinski definition) is 1. The molecule has 0 saturated heterocycles. The van der Waals surface area contributed by atoms with Gasteiger partial charge in [0.05, 0.1) is 0 Å². The smallest absolute Gasteiger partial charge is 0.191 e. The highest BCUT2D eigenvalue weighted by molar-refractivity contribution is 9.10. The van der Waals surface area contributed by atoms with E-state index in [0.29, 0.717) is 12.1 Å². The summed E-state index contributed by atoms with van der Waals surface area (Å²) < 4.78 is 34.0. The molecular weight excluding hydrogens is 340 g/mol. The Balaban J connectivity index is 2.07. The average Bonchev–Trinajstić information content (AvgIpc) is 2.46. The first-order valence-electron chi connectivity index (χ1n) is 6.66. The van der Waals surface area contributed by atoms with E-state index < -0.39 is 11.6 Å². The number of ether oxygens (including phenoxy) is 1. The van der Waals surface area contributed by atoms with Crippen LogP contribution in [0.15, 0.2) is 40.9 Å². The molecule has 0 bridgehead atoms. The zero-order valence-electron chi connectivity index (χ0n) is 11.6. The second kappa shape index (κ2) is 7.52. The maximum absolute atomic E-state index is 13.9. The third-order valence-electron chi connectivity index (χ3n) is 2.93. The SMILES string of the molecule is CCNCc1cc(F)c(OCc2ccc(Br)cc2)c(F)c1. The van der Waals surface area contributed by atoms with Crippen LogP contribution in [0, 0.1) is 11.6 Å². The Morgan fingerprint density at radius 2 is 1.67 bits per heavy atom. The molecule has 0 amide bonds. The van der Waals surface area contributed by atoms with E-state index >= 15 is 0 Å². The summed E-state index contributed by atoms with van der Waals surface area (Å²) in [6.45, 7) is 3.22. The fourth-order valence-corrected chi connectivity index (χ4v) is 2.12. The van der Waals surface area contributed by atoms with E-state index in [1.807, 2.05) is 31.2 Å². The van der Waals surface area contributed by atoms with Crippen LogP contribution in [0.5, 0.6) is 5.75 Å². The lowest BCUT2D eigenvalue weighted by Crippen LogP contribution is -2.12. The highest BCUT2D eigenvalue weighted by Gasteiger charge is 2.12. The highest BCUT2D eigenvalue weighted by Crippen LogP contribution is 2.24. The van der Waals surface area contributed by atoms with E-state index in [1.165, 1.54) is 12.1 Å². The lowest BCUT2D eigenvalue weighted by Gasteiger charge is -2.10. The molecule has 112 valence electrons. The zero-order chi connectivity index (χ0) is 15.2. The van der Waals surface area contributed by atoms with Crippen molar-refractivity contribution in [3.05, 3.63) is 63.6 Å². The summed E-state index contributed by atoms with van der Waals surface area (Å²) in [5.41, 5.74) is 1.40. The number of nitrogens with one attached hydrogen (secondary N) is 1.